The quantitative estimate of drug-likeness (QED) is 0.420. The van der Waals surface area contributed by atoms with Crippen molar-refractivity contribution in [3.63, 3.8) is 0 Å². The molecule has 7 nitrogen and oxygen atoms in total. The Bertz CT molecular complexity index is 1190. The molecule has 1 N–H and O–H groups in total. The molecule has 2 aromatic rings. The van der Waals surface area contributed by atoms with Gasteiger partial charge in [0.25, 0.3) is 15.9 Å². The zero-order valence-electron chi connectivity index (χ0n) is 18.2. The molecular formula is C23H23F3N2O5S. The van der Waals surface area contributed by atoms with Gasteiger partial charge in [-0.3, -0.25) is 9.10 Å². The number of esters is 1. The number of sulfonamides is 1. The molecule has 3 rings (SSSR count). The molecule has 11 heteroatoms. The summed E-state index contributed by atoms with van der Waals surface area (Å²) in [6.07, 6.45) is -2.79. The number of rotatable bonds is 9. The van der Waals surface area contributed by atoms with Gasteiger partial charge < -0.3 is 10.1 Å². The van der Waals surface area contributed by atoms with E-state index in [9.17, 15) is 31.2 Å². The van der Waals surface area contributed by atoms with Gasteiger partial charge in [0.1, 0.15) is 0 Å². The van der Waals surface area contributed by atoms with E-state index < -0.39 is 39.7 Å². The largest absolute Gasteiger partial charge is 0.449 e. The molecule has 1 aliphatic carbocycles. The van der Waals surface area contributed by atoms with Gasteiger partial charge in [-0.05, 0) is 56.2 Å². The van der Waals surface area contributed by atoms with E-state index in [-0.39, 0.29) is 28.7 Å². The molecule has 0 saturated heterocycles. The molecule has 1 amide bonds. The van der Waals surface area contributed by atoms with Crippen molar-refractivity contribution in [3.05, 3.63) is 72.3 Å². The number of benzene rings is 2. The van der Waals surface area contributed by atoms with Crippen LogP contribution in [-0.4, -0.2) is 39.0 Å². The van der Waals surface area contributed by atoms with Gasteiger partial charge in [-0.2, -0.15) is 13.2 Å². The van der Waals surface area contributed by atoms with Crippen LogP contribution in [-0.2, 0) is 25.7 Å². The number of nitrogens with zero attached hydrogens (tertiary/aromatic N) is 1. The standard InChI is InChI=1S/C23H23F3N2O5S/c1-3-12-28(19-8-5-7-17(14-19)23(24,25)26)34(31,32)20-9-4-6-16(13-20)22(30)33-15(2)21(29)27-18-10-11-18/h3-9,13-15,18H,1,10-12H2,2H3,(H,27,29). The van der Waals surface area contributed by atoms with Gasteiger partial charge in [0.15, 0.2) is 6.10 Å². The summed E-state index contributed by atoms with van der Waals surface area (Å²) in [4.78, 5) is 24.2. The number of amides is 1. The van der Waals surface area contributed by atoms with E-state index in [1.165, 1.54) is 37.3 Å². The summed E-state index contributed by atoms with van der Waals surface area (Å²) in [5, 5.41) is 2.70. The molecular weight excluding hydrogens is 473 g/mol. The SMILES string of the molecule is C=CCN(c1cccc(C(F)(F)F)c1)S(=O)(=O)c1cccc(C(=O)OC(C)C(=O)NC2CC2)c1. The minimum absolute atomic E-state index is 0.0776. The molecule has 0 aromatic heterocycles. The first kappa shape index (κ1) is 25.3. The van der Waals surface area contributed by atoms with E-state index in [1.54, 1.807) is 0 Å². The Morgan fingerprint density at radius 1 is 1.21 bits per heavy atom. The van der Waals surface area contributed by atoms with Crippen molar-refractivity contribution in [2.75, 3.05) is 10.8 Å². The Labute approximate surface area is 195 Å². The van der Waals surface area contributed by atoms with Crippen molar-refractivity contribution in [1.29, 1.82) is 0 Å². The van der Waals surface area contributed by atoms with E-state index in [1.807, 2.05) is 0 Å². The number of alkyl halides is 3. The maximum Gasteiger partial charge on any atom is 0.416 e. The highest BCUT2D eigenvalue weighted by Crippen LogP contribution is 2.33. The summed E-state index contributed by atoms with van der Waals surface area (Å²) >= 11 is 0. The van der Waals surface area contributed by atoms with Crippen LogP contribution in [0.4, 0.5) is 18.9 Å². The highest BCUT2D eigenvalue weighted by Gasteiger charge is 2.33. The molecule has 2 aromatic carbocycles. The number of anilines is 1. The van der Waals surface area contributed by atoms with Crippen LogP contribution in [0.5, 0.6) is 0 Å². The Morgan fingerprint density at radius 3 is 2.50 bits per heavy atom. The minimum Gasteiger partial charge on any atom is -0.449 e. The lowest BCUT2D eigenvalue weighted by atomic mass is 10.2. The average molecular weight is 497 g/mol. The van der Waals surface area contributed by atoms with Crippen LogP contribution in [0.15, 0.2) is 66.1 Å². The molecule has 0 radical (unpaired) electrons. The molecule has 1 aliphatic rings. The maximum absolute atomic E-state index is 13.3. The molecule has 34 heavy (non-hydrogen) atoms. The zero-order valence-corrected chi connectivity index (χ0v) is 19.0. The van der Waals surface area contributed by atoms with E-state index in [0.29, 0.717) is 0 Å². The van der Waals surface area contributed by atoms with Crippen molar-refractivity contribution in [3.8, 4) is 0 Å². The summed E-state index contributed by atoms with van der Waals surface area (Å²) in [5.74, 6) is -1.37. The number of hydrogen-bond donors (Lipinski definition) is 1. The van der Waals surface area contributed by atoms with Crippen molar-refractivity contribution in [2.45, 2.75) is 43.0 Å². The first-order valence-corrected chi connectivity index (χ1v) is 11.8. The molecule has 1 unspecified atom stereocenters. The van der Waals surface area contributed by atoms with Crippen LogP contribution >= 0.6 is 0 Å². The van der Waals surface area contributed by atoms with Gasteiger partial charge in [0, 0.05) is 6.04 Å². The third-order valence-electron chi connectivity index (χ3n) is 4.99. The Morgan fingerprint density at radius 2 is 1.88 bits per heavy atom. The predicted molar refractivity (Wildman–Crippen MR) is 119 cm³/mol. The van der Waals surface area contributed by atoms with Crippen molar-refractivity contribution in [1.82, 2.24) is 5.32 Å². The van der Waals surface area contributed by atoms with Gasteiger partial charge >= 0.3 is 12.1 Å². The number of hydrogen-bond acceptors (Lipinski definition) is 5. The van der Waals surface area contributed by atoms with Crippen LogP contribution in [0, 0.1) is 0 Å². The summed E-state index contributed by atoms with van der Waals surface area (Å²) < 4.78 is 71.9. The summed E-state index contributed by atoms with van der Waals surface area (Å²) in [6.45, 7) is 4.57. The van der Waals surface area contributed by atoms with Crippen LogP contribution in [0.1, 0.15) is 35.7 Å². The lowest BCUT2D eigenvalue weighted by molar-refractivity contribution is -0.137. The lowest BCUT2D eigenvalue weighted by Crippen LogP contribution is -2.37. The molecule has 1 saturated carbocycles. The summed E-state index contributed by atoms with van der Waals surface area (Å²) in [6, 6.07) is 8.84. The number of halogens is 3. The molecule has 0 aliphatic heterocycles. The highest BCUT2D eigenvalue weighted by molar-refractivity contribution is 7.92. The fourth-order valence-electron chi connectivity index (χ4n) is 3.04. The summed E-state index contributed by atoms with van der Waals surface area (Å²) in [7, 11) is -4.38. The second-order valence-corrected chi connectivity index (χ2v) is 9.59. The third-order valence-corrected chi connectivity index (χ3v) is 6.78. The van der Waals surface area contributed by atoms with Gasteiger partial charge in [-0.25, -0.2) is 13.2 Å². The smallest absolute Gasteiger partial charge is 0.416 e. The van der Waals surface area contributed by atoms with Gasteiger partial charge in [0.2, 0.25) is 0 Å². The minimum atomic E-state index is -4.66. The number of ether oxygens (including phenoxy) is 1. The highest BCUT2D eigenvalue weighted by atomic mass is 32.2. The normalized spacial score (nSPS) is 14.7. The summed E-state index contributed by atoms with van der Waals surface area (Å²) in [5.41, 5.74) is -1.35. The van der Waals surface area contributed by atoms with Crippen LogP contribution in [0.3, 0.4) is 0 Å². The fraction of sp³-hybridized carbons (Fsp3) is 0.304. The van der Waals surface area contributed by atoms with E-state index in [0.717, 1.165) is 41.4 Å². The van der Waals surface area contributed by atoms with Gasteiger partial charge in [0.05, 0.1) is 28.3 Å². The second kappa shape index (κ2) is 9.88. The van der Waals surface area contributed by atoms with Crippen LogP contribution < -0.4 is 9.62 Å². The molecule has 182 valence electrons. The van der Waals surface area contributed by atoms with E-state index in [4.69, 9.17) is 4.74 Å². The third kappa shape index (κ3) is 5.96. The molecule has 1 atom stereocenters. The predicted octanol–water partition coefficient (Wildman–Crippen LogP) is 3.91. The monoisotopic (exact) mass is 496 g/mol. The van der Waals surface area contributed by atoms with Gasteiger partial charge in [-0.1, -0.05) is 18.2 Å². The van der Waals surface area contributed by atoms with E-state index in [2.05, 4.69) is 11.9 Å². The second-order valence-electron chi connectivity index (χ2n) is 7.73. The molecule has 0 heterocycles. The maximum atomic E-state index is 13.3. The topological polar surface area (TPSA) is 92.8 Å². The fourth-order valence-corrected chi connectivity index (χ4v) is 4.51. The molecule has 1 fully saturated rings. The van der Waals surface area contributed by atoms with Crippen molar-refractivity contribution in [2.24, 2.45) is 0 Å². The number of nitrogens with one attached hydrogen (secondary N) is 1. The first-order valence-electron chi connectivity index (χ1n) is 10.4. The Kier molecular flexibility index (Phi) is 7.35. The average Bonchev–Trinajstić information content (AvgIpc) is 3.60. The van der Waals surface area contributed by atoms with Crippen molar-refractivity contribution < 1.29 is 35.9 Å². The van der Waals surface area contributed by atoms with E-state index >= 15 is 0 Å². The van der Waals surface area contributed by atoms with Crippen LogP contribution in [0.25, 0.3) is 0 Å². The Balaban J connectivity index is 1.87. The number of carbonyl (C=O) groups excluding carboxylic acids is 2. The van der Waals surface area contributed by atoms with Gasteiger partial charge in [-0.15, -0.1) is 6.58 Å². The number of carbonyl (C=O) groups is 2. The molecule has 0 spiro atoms. The van der Waals surface area contributed by atoms with Crippen molar-refractivity contribution >= 4 is 27.6 Å². The van der Waals surface area contributed by atoms with Crippen LogP contribution in [0.2, 0.25) is 0 Å². The zero-order chi connectivity index (χ0) is 25.1. The molecule has 0 bridgehead atoms. The lowest BCUT2D eigenvalue weighted by Gasteiger charge is -2.24. The first-order chi connectivity index (χ1) is 15.9. The Hall–Kier alpha value is -3.34.